The van der Waals surface area contributed by atoms with Gasteiger partial charge in [0, 0.05) is 18.7 Å². The van der Waals surface area contributed by atoms with Crippen LogP contribution in [0.4, 0.5) is 5.69 Å². The Bertz CT molecular complexity index is 927. The van der Waals surface area contributed by atoms with Crippen LogP contribution in [-0.2, 0) is 20.8 Å². The molecule has 2 aromatic rings. The third kappa shape index (κ3) is 5.96. The van der Waals surface area contributed by atoms with Crippen LogP contribution in [0.5, 0.6) is 0 Å². The summed E-state index contributed by atoms with van der Waals surface area (Å²) in [6.45, 7) is 0.565. The molecule has 1 heterocycles. The largest absolute Gasteiger partial charge is 0.481 e. The predicted molar refractivity (Wildman–Crippen MR) is 123 cm³/mol. The van der Waals surface area contributed by atoms with Gasteiger partial charge in [0.1, 0.15) is 11.8 Å². The van der Waals surface area contributed by atoms with Gasteiger partial charge in [0.05, 0.1) is 12.3 Å². The number of hydrogen-bond acceptors (Lipinski definition) is 4. The van der Waals surface area contributed by atoms with Crippen LogP contribution in [0.15, 0.2) is 54.6 Å². The number of benzene rings is 2. The Morgan fingerprint density at radius 2 is 1.44 bits per heavy atom. The lowest BCUT2D eigenvalue weighted by Gasteiger charge is -2.27. The van der Waals surface area contributed by atoms with Crippen molar-refractivity contribution in [3.05, 3.63) is 65.7 Å². The highest BCUT2D eigenvalue weighted by molar-refractivity contribution is 5.99. The summed E-state index contributed by atoms with van der Waals surface area (Å²) in [5.74, 6) is -3.25. The van der Waals surface area contributed by atoms with E-state index in [1.807, 2.05) is 23.1 Å². The van der Waals surface area contributed by atoms with Crippen LogP contribution < -0.4 is 4.90 Å². The number of para-hydroxylation sites is 1. The van der Waals surface area contributed by atoms with Gasteiger partial charge in [-0.3, -0.25) is 9.59 Å². The maximum Gasteiger partial charge on any atom is 0.327 e. The molecule has 1 aliphatic heterocycles. The van der Waals surface area contributed by atoms with Crippen LogP contribution in [0.3, 0.4) is 0 Å². The van der Waals surface area contributed by atoms with Crippen LogP contribution in [0.25, 0.3) is 0 Å². The van der Waals surface area contributed by atoms with Gasteiger partial charge in [-0.05, 0) is 36.5 Å². The van der Waals surface area contributed by atoms with Crippen molar-refractivity contribution in [2.24, 2.45) is 0 Å². The maximum absolute atomic E-state index is 12.8. The fourth-order valence-electron chi connectivity index (χ4n) is 4.57. The molecule has 0 aliphatic carbocycles. The summed E-state index contributed by atoms with van der Waals surface area (Å²) >= 11 is 0. The molecule has 170 valence electrons. The number of rotatable bonds is 13. The van der Waals surface area contributed by atoms with E-state index in [1.54, 1.807) is 12.1 Å². The SMILES string of the molecule is O=C(O)CCC(=O)C1c2ccccc2N(CCCCCCCc2ccccc2)C1C(=O)O. The molecule has 0 bridgehead atoms. The van der Waals surface area contributed by atoms with Gasteiger partial charge in [0.25, 0.3) is 0 Å². The Morgan fingerprint density at radius 3 is 2.16 bits per heavy atom. The minimum Gasteiger partial charge on any atom is -0.481 e. The smallest absolute Gasteiger partial charge is 0.327 e. The summed E-state index contributed by atoms with van der Waals surface area (Å²) in [5, 5.41) is 18.8. The highest BCUT2D eigenvalue weighted by Gasteiger charge is 2.45. The molecule has 0 amide bonds. The monoisotopic (exact) mass is 437 g/mol. The number of hydrogen-bond donors (Lipinski definition) is 2. The lowest BCUT2D eigenvalue weighted by molar-refractivity contribution is -0.141. The normalized spacial score (nSPS) is 17.2. The zero-order chi connectivity index (χ0) is 22.9. The summed E-state index contributed by atoms with van der Waals surface area (Å²) in [4.78, 5) is 37.6. The fourth-order valence-corrected chi connectivity index (χ4v) is 4.57. The lowest BCUT2D eigenvalue weighted by atomic mass is 9.88. The van der Waals surface area contributed by atoms with Crippen molar-refractivity contribution in [2.45, 2.75) is 63.3 Å². The van der Waals surface area contributed by atoms with Crippen molar-refractivity contribution in [2.75, 3.05) is 11.4 Å². The van der Waals surface area contributed by atoms with Gasteiger partial charge < -0.3 is 15.1 Å². The third-order valence-electron chi connectivity index (χ3n) is 6.13. The molecule has 0 fully saturated rings. The van der Waals surface area contributed by atoms with Crippen molar-refractivity contribution in [3.63, 3.8) is 0 Å². The van der Waals surface area contributed by atoms with Crippen LogP contribution >= 0.6 is 0 Å². The van der Waals surface area contributed by atoms with Crippen molar-refractivity contribution >= 4 is 23.4 Å². The van der Waals surface area contributed by atoms with Gasteiger partial charge in [-0.1, -0.05) is 67.8 Å². The van der Waals surface area contributed by atoms with Crippen molar-refractivity contribution in [1.29, 1.82) is 0 Å². The molecule has 0 saturated heterocycles. The van der Waals surface area contributed by atoms with E-state index >= 15 is 0 Å². The maximum atomic E-state index is 12.8. The van der Waals surface area contributed by atoms with E-state index in [4.69, 9.17) is 5.11 Å². The molecule has 2 aromatic carbocycles. The van der Waals surface area contributed by atoms with Gasteiger partial charge in [0.15, 0.2) is 0 Å². The summed E-state index contributed by atoms with van der Waals surface area (Å²) in [7, 11) is 0. The molecule has 32 heavy (non-hydrogen) atoms. The van der Waals surface area contributed by atoms with E-state index in [1.165, 1.54) is 5.56 Å². The first-order valence-corrected chi connectivity index (χ1v) is 11.4. The average molecular weight is 438 g/mol. The number of anilines is 1. The van der Waals surface area contributed by atoms with E-state index in [0.717, 1.165) is 44.2 Å². The number of ketones is 1. The van der Waals surface area contributed by atoms with Crippen LogP contribution in [0.2, 0.25) is 0 Å². The topological polar surface area (TPSA) is 94.9 Å². The summed E-state index contributed by atoms with van der Waals surface area (Å²) in [6, 6.07) is 16.7. The lowest BCUT2D eigenvalue weighted by Crippen LogP contribution is -2.43. The van der Waals surface area contributed by atoms with Gasteiger partial charge in [-0.15, -0.1) is 0 Å². The predicted octanol–water partition coefficient (Wildman–Crippen LogP) is 4.67. The number of Topliss-reactive ketones (excluding diaryl/α,β-unsaturated/α-hetero) is 1. The third-order valence-corrected chi connectivity index (χ3v) is 6.13. The molecule has 6 nitrogen and oxygen atoms in total. The number of fused-ring (bicyclic) bond motifs is 1. The highest BCUT2D eigenvalue weighted by Crippen LogP contribution is 2.42. The Morgan fingerprint density at radius 1 is 0.781 bits per heavy atom. The molecule has 2 atom stereocenters. The molecular weight excluding hydrogens is 406 g/mol. The fraction of sp³-hybridized carbons (Fsp3) is 0.423. The Hall–Kier alpha value is -3.15. The molecular formula is C26H31NO5. The molecule has 1 aliphatic rings. The van der Waals surface area contributed by atoms with Crippen molar-refractivity contribution in [1.82, 2.24) is 0 Å². The summed E-state index contributed by atoms with van der Waals surface area (Å²) < 4.78 is 0. The Balaban J connectivity index is 1.55. The number of carbonyl (C=O) groups is 3. The number of carboxylic acid groups (broad SMARTS) is 2. The first kappa shape index (κ1) is 23.5. The van der Waals surface area contributed by atoms with Gasteiger partial charge in [-0.25, -0.2) is 4.79 Å². The van der Waals surface area contributed by atoms with Crippen molar-refractivity contribution < 1.29 is 24.6 Å². The van der Waals surface area contributed by atoms with Crippen LogP contribution in [0.1, 0.15) is 62.0 Å². The number of carboxylic acids is 2. The Labute approximate surface area is 188 Å². The van der Waals surface area contributed by atoms with Crippen LogP contribution in [-0.4, -0.2) is 40.5 Å². The molecule has 3 rings (SSSR count). The molecule has 2 N–H and O–H groups in total. The molecule has 0 radical (unpaired) electrons. The summed E-state index contributed by atoms with van der Waals surface area (Å²) in [5.41, 5.74) is 2.82. The van der Waals surface area contributed by atoms with E-state index in [0.29, 0.717) is 12.1 Å². The molecule has 6 heteroatoms. The van der Waals surface area contributed by atoms with Crippen LogP contribution in [0, 0.1) is 0 Å². The van der Waals surface area contributed by atoms with E-state index < -0.39 is 23.9 Å². The second-order valence-electron chi connectivity index (χ2n) is 8.38. The van der Waals surface area contributed by atoms with Crippen molar-refractivity contribution in [3.8, 4) is 0 Å². The number of aryl methyl sites for hydroxylation is 1. The number of carbonyl (C=O) groups excluding carboxylic acids is 1. The van der Waals surface area contributed by atoms with E-state index in [-0.39, 0.29) is 18.6 Å². The summed E-state index contributed by atoms with van der Waals surface area (Å²) in [6.07, 6.45) is 5.82. The average Bonchev–Trinajstić information content (AvgIpc) is 3.12. The minimum atomic E-state index is -1.05. The van der Waals surface area contributed by atoms with Gasteiger partial charge in [0.2, 0.25) is 0 Å². The highest BCUT2D eigenvalue weighted by atomic mass is 16.4. The number of nitrogens with zero attached hydrogens (tertiary/aromatic N) is 1. The standard InChI is InChI=1S/C26H31NO5/c28-22(16-17-23(29)30)24-20-14-8-9-15-21(20)27(25(24)26(31)32)18-10-3-1-2-5-11-19-12-6-4-7-13-19/h4,6-9,12-15,24-25H,1-3,5,10-11,16-18H2,(H,29,30)(H,31,32). The van der Waals surface area contributed by atoms with E-state index in [9.17, 15) is 19.5 Å². The molecule has 2 unspecified atom stereocenters. The number of unbranched alkanes of at least 4 members (excludes halogenated alkanes) is 4. The molecule has 0 spiro atoms. The minimum absolute atomic E-state index is 0.159. The van der Waals surface area contributed by atoms with Gasteiger partial charge in [-0.2, -0.15) is 0 Å². The first-order chi connectivity index (χ1) is 15.5. The zero-order valence-corrected chi connectivity index (χ0v) is 18.3. The second kappa shape index (κ2) is 11.5. The zero-order valence-electron chi connectivity index (χ0n) is 18.3. The number of aliphatic carboxylic acids is 2. The Kier molecular flexibility index (Phi) is 8.42. The van der Waals surface area contributed by atoms with Gasteiger partial charge >= 0.3 is 11.9 Å². The second-order valence-corrected chi connectivity index (χ2v) is 8.38. The molecule has 0 saturated carbocycles. The quantitative estimate of drug-likeness (QED) is 0.442. The molecule has 0 aromatic heterocycles. The first-order valence-electron chi connectivity index (χ1n) is 11.4. The van der Waals surface area contributed by atoms with E-state index in [2.05, 4.69) is 24.3 Å².